The predicted molar refractivity (Wildman–Crippen MR) is 71.8 cm³/mol. The maximum Gasteiger partial charge on any atom is 0.323 e. The molecule has 0 aromatic rings. The van der Waals surface area contributed by atoms with Crippen molar-refractivity contribution in [3.8, 4) is 0 Å². The summed E-state index contributed by atoms with van der Waals surface area (Å²) in [6, 6.07) is 0. The number of hydrogen-bond acceptors (Lipinski definition) is 8. The lowest BCUT2D eigenvalue weighted by molar-refractivity contribution is -0.286. The van der Waals surface area contributed by atoms with Crippen molar-refractivity contribution in [2.75, 3.05) is 20.2 Å². The molecule has 1 aliphatic heterocycles. The molecule has 12 heteroatoms. The topological polar surface area (TPSA) is 232 Å². The Bertz CT molecular complexity index is 352. The molecule has 0 saturated carbocycles. The average molecular weight is 329 g/mol. The molecule has 0 radical (unpaired) electrons. The third-order valence-electron chi connectivity index (χ3n) is 2.65. The van der Waals surface area contributed by atoms with E-state index in [9.17, 15) is 4.79 Å². The summed E-state index contributed by atoms with van der Waals surface area (Å²) in [4.78, 5) is 11.0. The Labute approximate surface area is 125 Å². The fourth-order valence-corrected chi connectivity index (χ4v) is 1.37. The maximum absolute atomic E-state index is 9.92. The SMILES string of the molecule is CN(CC(=O)O)C(=N)N.O.OC[C@H]1OC(O)[C@H](O)[C@@H](O)[C@@H]1O. The molecular formula is C10H23N3O9. The summed E-state index contributed by atoms with van der Waals surface area (Å²) in [5, 5.41) is 59.5. The van der Waals surface area contributed by atoms with Gasteiger partial charge in [-0.05, 0) is 0 Å². The highest BCUT2D eigenvalue weighted by molar-refractivity contribution is 5.79. The van der Waals surface area contributed by atoms with Gasteiger partial charge in [0.25, 0.3) is 0 Å². The van der Waals surface area contributed by atoms with Crippen LogP contribution in [0.4, 0.5) is 0 Å². The summed E-state index contributed by atoms with van der Waals surface area (Å²) < 4.78 is 4.58. The summed E-state index contributed by atoms with van der Waals surface area (Å²) in [7, 11) is 1.44. The number of guanidine groups is 1. The zero-order chi connectivity index (χ0) is 16.7. The first-order valence-corrected chi connectivity index (χ1v) is 5.87. The minimum absolute atomic E-state index is 0. The summed E-state index contributed by atoms with van der Waals surface area (Å²) >= 11 is 0. The van der Waals surface area contributed by atoms with Gasteiger partial charge in [0.2, 0.25) is 0 Å². The van der Waals surface area contributed by atoms with Crippen LogP contribution in [-0.2, 0) is 9.53 Å². The number of nitrogens with two attached hydrogens (primary N) is 1. The third kappa shape index (κ3) is 6.95. The van der Waals surface area contributed by atoms with Gasteiger partial charge in [0.15, 0.2) is 12.2 Å². The van der Waals surface area contributed by atoms with E-state index in [1.807, 2.05) is 0 Å². The van der Waals surface area contributed by atoms with Gasteiger partial charge in [0, 0.05) is 7.05 Å². The second-order valence-electron chi connectivity index (χ2n) is 4.35. The van der Waals surface area contributed by atoms with E-state index in [-0.39, 0.29) is 18.0 Å². The molecule has 0 aromatic heterocycles. The molecule has 132 valence electrons. The lowest BCUT2D eigenvalue weighted by Crippen LogP contribution is -2.58. The van der Waals surface area contributed by atoms with Gasteiger partial charge in [-0.1, -0.05) is 0 Å². The molecule has 1 unspecified atom stereocenters. The Morgan fingerprint density at radius 1 is 1.23 bits per heavy atom. The normalized spacial score (nSPS) is 30.4. The number of aliphatic hydroxyl groups excluding tert-OH is 5. The number of nitrogens with one attached hydrogen (secondary N) is 1. The van der Waals surface area contributed by atoms with E-state index in [1.165, 1.54) is 7.05 Å². The Morgan fingerprint density at radius 3 is 2.05 bits per heavy atom. The molecule has 1 rings (SSSR count). The van der Waals surface area contributed by atoms with Crippen LogP contribution in [0.5, 0.6) is 0 Å². The zero-order valence-corrected chi connectivity index (χ0v) is 11.8. The molecule has 0 aromatic carbocycles. The summed E-state index contributed by atoms with van der Waals surface area (Å²) in [5.74, 6) is -1.23. The molecule has 11 N–H and O–H groups in total. The third-order valence-corrected chi connectivity index (χ3v) is 2.65. The van der Waals surface area contributed by atoms with E-state index in [1.54, 1.807) is 0 Å². The van der Waals surface area contributed by atoms with E-state index < -0.39 is 43.3 Å². The first-order valence-electron chi connectivity index (χ1n) is 5.87. The van der Waals surface area contributed by atoms with E-state index in [0.717, 1.165) is 4.90 Å². The van der Waals surface area contributed by atoms with Crippen LogP contribution in [0.2, 0.25) is 0 Å². The number of rotatable bonds is 3. The van der Waals surface area contributed by atoms with Crippen molar-refractivity contribution in [3.63, 3.8) is 0 Å². The molecule has 1 aliphatic rings. The highest BCUT2D eigenvalue weighted by Crippen LogP contribution is 2.18. The van der Waals surface area contributed by atoms with Crippen LogP contribution in [0.3, 0.4) is 0 Å². The van der Waals surface area contributed by atoms with Gasteiger partial charge in [-0.3, -0.25) is 10.2 Å². The van der Waals surface area contributed by atoms with Crippen molar-refractivity contribution in [3.05, 3.63) is 0 Å². The molecule has 22 heavy (non-hydrogen) atoms. The Kier molecular flexibility index (Phi) is 10.6. The first-order chi connectivity index (χ1) is 9.61. The quantitative estimate of drug-likeness (QED) is 0.181. The van der Waals surface area contributed by atoms with Crippen molar-refractivity contribution in [1.29, 1.82) is 5.41 Å². The Balaban J connectivity index is 0. The maximum atomic E-state index is 9.92. The lowest BCUT2D eigenvalue weighted by Gasteiger charge is -2.37. The lowest BCUT2D eigenvalue weighted by atomic mass is 10.00. The molecule has 0 aliphatic carbocycles. The second-order valence-corrected chi connectivity index (χ2v) is 4.35. The molecule has 12 nitrogen and oxygen atoms in total. The van der Waals surface area contributed by atoms with Gasteiger partial charge in [0.1, 0.15) is 31.0 Å². The highest BCUT2D eigenvalue weighted by atomic mass is 16.6. The zero-order valence-electron chi connectivity index (χ0n) is 11.8. The minimum atomic E-state index is -1.57. The molecule has 1 heterocycles. The largest absolute Gasteiger partial charge is 0.480 e. The van der Waals surface area contributed by atoms with Crippen molar-refractivity contribution in [2.45, 2.75) is 30.7 Å². The van der Waals surface area contributed by atoms with Gasteiger partial charge in [-0.15, -0.1) is 0 Å². The molecule has 1 fully saturated rings. The van der Waals surface area contributed by atoms with Crippen molar-refractivity contribution in [2.24, 2.45) is 5.73 Å². The molecule has 0 bridgehead atoms. The van der Waals surface area contributed by atoms with Crippen molar-refractivity contribution < 1.29 is 45.6 Å². The van der Waals surface area contributed by atoms with E-state index in [4.69, 9.17) is 41.8 Å². The first kappa shape index (κ1) is 22.7. The van der Waals surface area contributed by atoms with E-state index in [2.05, 4.69) is 4.74 Å². The van der Waals surface area contributed by atoms with Crippen LogP contribution >= 0.6 is 0 Å². The van der Waals surface area contributed by atoms with Crippen molar-refractivity contribution in [1.82, 2.24) is 4.90 Å². The minimum Gasteiger partial charge on any atom is -0.480 e. The van der Waals surface area contributed by atoms with Gasteiger partial charge < -0.3 is 51.5 Å². The molecule has 0 spiro atoms. The van der Waals surface area contributed by atoms with Crippen LogP contribution in [0, 0.1) is 5.41 Å². The van der Waals surface area contributed by atoms with Crippen molar-refractivity contribution >= 4 is 11.9 Å². The summed E-state index contributed by atoms with van der Waals surface area (Å²) in [6.07, 6.45) is -7.04. The van der Waals surface area contributed by atoms with Gasteiger partial charge in [-0.25, -0.2) is 0 Å². The second kappa shape index (κ2) is 10.2. The predicted octanol–water partition coefficient (Wildman–Crippen LogP) is -5.15. The average Bonchev–Trinajstić information content (AvgIpc) is 2.40. The van der Waals surface area contributed by atoms with E-state index >= 15 is 0 Å². The molecule has 0 amide bonds. The number of likely N-dealkylation sites (N-methyl/N-ethyl adjacent to an activating group) is 1. The molecule has 5 atom stereocenters. The summed E-state index contributed by atoms with van der Waals surface area (Å²) in [6.45, 7) is -0.753. The van der Waals surface area contributed by atoms with Gasteiger partial charge >= 0.3 is 5.97 Å². The monoisotopic (exact) mass is 329 g/mol. The number of aliphatic carboxylic acids is 1. The number of ether oxygens (including phenoxy) is 1. The smallest absolute Gasteiger partial charge is 0.323 e. The number of aliphatic hydroxyl groups is 5. The van der Waals surface area contributed by atoms with Crippen LogP contribution in [0.1, 0.15) is 0 Å². The highest BCUT2D eigenvalue weighted by Gasteiger charge is 2.42. The van der Waals surface area contributed by atoms with Gasteiger partial charge in [0.05, 0.1) is 6.61 Å². The van der Waals surface area contributed by atoms with E-state index in [0.29, 0.717) is 0 Å². The Hall–Kier alpha value is -1.54. The van der Waals surface area contributed by atoms with Crippen LogP contribution in [0.25, 0.3) is 0 Å². The standard InChI is InChI=1S/C6H12O6.C4H9N3O2.H2O/c7-1-2-3(8)4(9)5(10)6(11)12-2;1-7(4(5)6)2-3(8)9;/h2-11H,1H2;2H2,1H3,(H3,5,6)(H,8,9);1H2/t2-,3-,4+,5-,6?;;/m1../s1. The molecular weight excluding hydrogens is 306 g/mol. The van der Waals surface area contributed by atoms with Gasteiger partial charge in [-0.2, -0.15) is 0 Å². The Morgan fingerprint density at radius 2 is 1.73 bits per heavy atom. The molecule has 1 saturated heterocycles. The number of carboxylic acid groups (broad SMARTS) is 1. The van der Waals surface area contributed by atoms with Crippen LogP contribution < -0.4 is 5.73 Å². The van der Waals surface area contributed by atoms with Crippen LogP contribution in [-0.4, -0.2) is 104 Å². The number of nitrogens with zero attached hydrogens (tertiary/aromatic N) is 1. The van der Waals surface area contributed by atoms with Crippen LogP contribution in [0.15, 0.2) is 0 Å². The number of carbonyl (C=O) groups is 1. The number of hydrogen-bond donors (Lipinski definition) is 8. The summed E-state index contributed by atoms with van der Waals surface area (Å²) in [5.41, 5.74) is 4.93. The number of carboxylic acids is 1. The fraction of sp³-hybridized carbons (Fsp3) is 0.800. The fourth-order valence-electron chi connectivity index (χ4n) is 1.37.